The number of thiophene rings is 1. The Kier molecular flexibility index (Phi) is 3.52. The Labute approximate surface area is 129 Å². The minimum absolute atomic E-state index is 0.0232. The van der Waals surface area contributed by atoms with Crippen LogP contribution in [0.5, 0.6) is 0 Å². The molecule has 0 radical (unpaired) electrons. The van der Waals surface area contributed by atoms with E-state index in [1.807, 2.05) is 0 Å². The highest BCUT2D eigenvalue weighted by Crippen LogP contribution is 2.30. The van der Waals surface area contributed by atoms with Crippen LogP contribution in [-0.4, -0.2) is 32.1 Å². The number of nitrogens with zero attached hydrogens (tertiary/aromatic N) is 4. The second-order valence-corrected chi connectivity index (χ2v) is 6.75. The Morgan fingerprint density at radius 1 is 1.33 bits per heavy atom. The Hall–Kier alpha value is -1.42. The first-order valence-corrected chi connectivity index (χ1v) is 7.56. The van der Waals surface area contributed by atoms with E-state index in [1.54, 1.807) is 11.4 Å². The first-order valence-electron chi connectivity index (χ1n) is 5.89. The molecule has 0 saturated carbocycles. The van der Waals surface area contributed by atoms with Crippen LogP contribution < -0.4 is 0 Å². The summed E-state index contributed by atoms with van der Waals surface area (Å²) in [6.07, 6.45) is -4.53. The van der Waals surface area contributed by atoms with Crippen molar-refractivity contribution in [2.45, 2.75) is 19.3 Å². The summed E-state index contributed by atoms with van der Waals surface area (Å²) in [6.45, 7) is 0.254. The van der Waals surface area contributed by atoms with Crippen molar-refractivity contribution in [1.82, 2.24) is 19.7 Å². The molecule has 0 atom stereocenters. The van der Waals surface area contributed by atoms with Gasteiger partial charge in [0.25, 0.3) is 5.91 Å². The van der Waals surface area contributed by atoms with E-state index in [0.29, 0.717) is 5.56 Å². The van der Waals surface area contributed by atoms with Gasteiger partial charge in [-0.25, -0.2) is 0 Å². The van der Waals surface area contributed by atoms with Crippen LogP contribution in [0, 0.1) is 0 Å². The highest BCUT2D eigenvalue weighted by atomic mass is 79.9. The average Bonchev–Trinajstić information content (AvgIpc) is 3.02. The molecule has 5 nitrogen and oxygen atoms in total. The molecule has 0 fully saturated rings. The molecule has 0 unspecified atom stereocenters. The van der Waals surface area contributed by atoms with E-state index in [0.717, 1.165) is 8.35 Å². The van der Waals surface area contributed by atoms with Gasteiger partial charge < -0.3 is 9.47 Å². The second-order valence-electron chi connectivity index (χ2n) is 4.46. The highest BCUT2D eigenvalue weighted by molar-refractivity contribution is 9.11. The second kappa shape index (κ2) is 5.09. The lowest BCUT2D eigenvalue weighted by Crippen LogP contribution is -2.39. The Morgan fingerprint density at radius 3 is 2.71 bits per heavy atom. The van der Waals surface area contributed by atoms with Crippen LogP contribution >= 0.6 is 27.3 Å². The minimum Gasteiger partial charge on any atom is -0.329 e. The molecule has 21 heavy (non-hydrogen) atoms. The number of rotatable bonds is 1. The molecule has 10 heteroatoms. The van der Waals surface area contributed by atoms with Gasteiger partial charge in [0.05, 0.1) is 15.9 Å². The maximum absolute atomic E-state index is 12.7. The number of fused-ring (bicyclic) bond motifs is 1. The predicted molar refractivity (Wildman–Crippen MR) is 71.8 cm³/mol. The topological polar surface area (TPSA) is 51.0 Å². The van der Waals surface area contributed by atoms with Crippen molar-refractivity contribution in [3.63, 3.8) is 0 Å². The van der Waals surface area contributed by atoms with E-state index >= 15 is 0 Å². The van der Waals surface area contributed by atoms with Crippen LogP contribution in [0.25, 0.3) is 0 Å². The third-order valence-electron chi connectivity index (χ3n) is 3.11. The number of amides is 1. The van der Waals surface area contributed by atoms with E-state index < -0.39 is 12.0 Å². The molecule has 1 amide bonds. The third kappa shape index (κ3) is 2.69. The molecule has 0 aromatic carbocycles. The maximum Gasteiger partial charge on any atom is 0.451 e. The molecule has 0 bridgehead atoms. The standard InChI is InChI=1S/C11H8BrF3N4OS/c12-7-3-6(5-21-7)9(20)18-1-2-19-8(4-18)16-17-10(19)11(13,14)15/h3,5H,1-2,4H2. The zero-order valence-corrected chi connectivity index (χ0v) is 12.8. The van der Waals surface area contributed by atoms with Gasteiger partial charge in [0.2, 0.25) is 5.82 Å². The average molecular weight is 381 g/mol. The molecular weight excluding hydrogens is 373 g/mol. The fourth-order valence-electron chi connectivity index (χ4n) is 2.15. The van der Waals surface area contributed by atoms with Crippen molar-refractivity contribution < 1.29 is 18.0 Å². The van der Waals surface area contributed by atoms with Crippen LogP contribution in [0.1, 0.15) is 22.0 Å². The zero-order chi connectivity index (χ0) is 15.2. The number of alkyl halides is 3. The Bertz CT molecular complexity index is 696. The number of carbonyl (C=O) groups is 1. The molecule has 1 aliphatic heterocycles. The fraction of sp³-hybridized carbons (Fsp3) is 0.364. The van der Waals surface area contributed by atoms with Gasteiger partial charge in [-0.05, 0) is 22.0 Å². The van der Waals surface area contributed by atoms with Crippen molar-refractivity contribution in [3.8, 4) is 0 Å². The highest BCUT2D eigenvalue weighted by Gasteiger charge is 2.39. The molecule has 0 N–H and O–H groups in total. The molecule has 1 aliphatic rings. The summed E-state index contributed by atoms with van der Waals surface area (Å²) in [7, 11) is 0. The van der Waals surface area contributed by atoms with Gasteiger partial charge in [0.1, 0.15) is 0 Å². The van der Waals surface area contributed by atoms with Crippen LogP contribution in [-0.2, 0) is 19.3 Å². The summed E-state index contributed by atoms with van der Waals surface area (Å²) in [5.41, 5.74) is 0.510. The molecular formula is C11H8BrF3N4OS. The van der Waals surface area contributed by atoms with Crippen molar-refractivity contribution in [2.75, 3.05) is 6.54 Å². The van der Waals surface area contributed by atoms with E-state index in [2.05, 4.69) is 26.1 Å². The van der Waals surface area contributed by atoms with Crippen LogP contribution in [0.3, 0.4) is 0 Å². The molecule has 0 saturated heterocycles. The zero-order valence-electron chi connectivity index (χ0n) is 10.4. The summed E-state index contributed by atoms with van der Waals surface area (Å²) in [4.78, 5) is 13.7. The number of hydrogen-bond donors (Lipinski definition) is 0. The Balaban J connectivity index is 1.82. The smallest absolute Gasteiger partial charge is 0.329 e. The largest absolute Gasteiger partial charge is 0.451 e. The lowest BCUT2D eigenvalue weighted by Gasteiger charge is -2.27. The van der Waals surface area contributed by atoms with Crippen molar-refractivity contribution in [3.05, 3.63) is 32.4 Å². The predicted octanol–water partition coefficient (Wildman–Crippen LogP) is 2.78. The number of carbonyl (C=O) groups excluding carboxylic acids is 1. The van der Waals surface area contributed by atoms with E-state index in [-0.39, 0.29) is 31.4 Å². The summed E-state index contributed by atoms with van der Waals surface area (Å²) in [6, 6.07) is 1.69. The quantitative estimate of drug-likeness (QED) is 0.764. The van der Waals surface area contributed by atoms with Crippen LogP contribution in [0.2, 0.25) is 0 Å². The maximum atomic E-state index is 12.7. The van der Waals surface area contributed by atoms with Gasteiger partial charge >= 0.3 is 6.18 Å². The minimum atomic E-state index is -4.53. The molecule has 0 spiro atoms. The lowest BCUT2D eigenvalue weighted by atomic mass is 10.2. The SMILES string of the molecule is O=C(c1csc(Br)c1)N1CCn2c(nnc2C(F)(F)F)C1. The monoisotopic (exact) mass is 380 g/mol. The summed E-state index contributed by atoms with van der Waals surface area (Å²) < 4.78 is 40.0. The van der Waals surface area contributed by atoms with Crippen molar-refractivity contribution in [2.24, 2.45) is 0 Å². The molecule has 2 aromatic heterocycles. The van der Waals surface area contributed by atoms with Crippen LogP contribution in [0.15, 0.2) is 15.2 Å². The van der Waals surface area contributed by atoms with Gasteiger partial charge in [-0.15, -0.1) is 21.5 Å². The summed E-state index contributed by atoms with van der Waals surface area (Å²) in [5, 5.41) is 8.43. The van der Waals surface area contributed by atoms with E-state index in [9.17, 15) is 18.0 Å². The van der Waals surface area contributed by atoms with Crippen molar-refractivity contribution >= 4 is 33.2 Å². The third-order valence-corrected chi connectivity index (χ3v) is 4.61. The Morgan fingerprint density at radius 2 is 2.10 bits per heavy atom. The molecule has 0 aliphatic carbocycles. The number of halogens is 4. The molecule has 3 rings (SSSR count). The normalized spacial score (nSPS) is 15.1. The summed E-state index contributed by atoms with van der Waals surface area (Å²) >= 11 is 4.65. The fourth-order valence-corrected chi connectivity index (χ4v) is 3.28. The van der Waals surface area contributed by atoms with E-state index in [4.69, 9.17) is 0 Å². The lowest BCUT2D eigenvalue weighted by molar-refractivity contribution is -0.147. The molecule has 112 valence electrons. The van der Waals surface area contributed by atoms with Crippen molar-refractivity contribution in [1.29, 1.82) is 0 Å². The summed E-state index contributed by atoms with van der Waals surface area (Å²) in [5.74, 6) is -1.08. The van der Waals surface area contributed by atoms with Crippen LogP contribution in [0.4, 0.5) is 13.2 Å². The van der Waals surface area contributed by atoms with E-state index in [1.165, 1.54) is 16.2 Å². The van der Waals surface area contributed by atoms with Gasteiger partial charge in [-0.1, -0.05) is 0 Å². The molecule has 2 aromatic rings. The first-order chi connectivity index (χ1) is 9.86. The first kappa shape index (κ1) is 14.5. The van der Waals surface area contributed by atoms with Gasteiger partial charge in [-0.2, -0.15) is 13.2 Å². The molecule has 3 heterocycles. The van der Waals surface area contributed by atoms with Gasteiger partial charge in [-0.3, -0.25) is 4.79 Å². The van der Waals surface area contributed by atoms with Gasteiger partial charge in [0, 0.05) is 18.5 Å². The number of aromatic nitrogens is 3. The number of hydrogen-bond acceptors (Lipinski definition) is 4. The van der Waals surface area contributed by atoms with Gasteiger partial charge in [0.15, 0.2) is 5.82 Å².